The van der Waals surface area contributed by atoms with Crippen molar-refractivity contribution in [3.8, 4) is 0 Å². The molecule has 0 aliphatic rings. The zero-order chi connectivity index (χ0) is 8.43. The number of primary amides is 1. The summed E-state index contributed by atoms with van der Waals surface area (Å²) >= 11 is 2.02. The van der Waals surface area contributed by atoms with Crippen LogP contribution in [0.5, 0.6) is 0 Å². The first-order valence-corrected chi connectivity index (χ1v) is 4.04. The Bertz CT molecular complexity index is 298. The molecule has 1 amide bonds. The molecule has 0 aromatic heterocycles. The SMILES string of the molecule is NC(=O)c1ccc(N)cc1I. The Hall–Kier alpha value is -0.780. The zero-order valence-electron chi connectivity index (χ0n) is 5.67. The van der Waals surface area contributed by atoms with Crippen molar-refractivity contribution >= 4 is 34.2 Å². The summed E-state index contributed by atoms with van der Waals surface area (Å²) in [5, 5.41) is 0. The van der Waals surface area contributed by atoms with E-state index in [0.29, 0.717) is 11.3 Å². The van der Waals surface area contributed by atoms with E-state index in [1.807, 2.05) is 22.6 Å². The Morgan fingerprint density at radius 3 is 2.55 bits per heavy atom. The number of hydrogen-bond donors (Lipinski definition) is 2. The topological polar surface area (TPSA) is 69.1 Å². The van der Waals surface area contributed by atoms with Crippen LogP contribution in [0, 0.1) is 3.57 Å². The molecule has 1 rings (SSSR count). The third-order valence-corrected chi connectivity index (χ3v) is 2.15. The van der Waals surface area contributed by atoms with Crippen molar-refractivity contribution in [3.05, 3.63) is 27.3 Å². The monoisotopic (exact) mass is 262 g/mol. The molecule has 0 bridgehead atoms. The Kier molecular flexibility index (Phi) is 2.33. The van der Waals surface area contributed by atoms with E-state index in [2.05, 4.69) is 0 Å². The summed E-state index contributed by atoms with van der Waals surface area (Å²) in [6, 6.07) is 4.99. The second kappa shape index (κ2) is 3.08. The lowest BCUT2D eigenvalue weighted by Gasteiger charge is -1.99. The number of nitrogen functional groups attached to an aromatic ring is 1. The van der Waals surface area contributed by atoms with E-state index in [-0.39, 0.29) is 0 Å². The van der Waals surface area contributed by atoms with E-state index in [9.17, 15) is 4.79 Å². The quantitative estimate of drug-likeness (QED) is 0.585. The molecule has 11 heavy (non-hydrogen) atoms. The average Bonchev–Trinajstić information content (AvgIpc) is 1.85. The minimum Gasteiger partial charge on any atom is -0.399 e. The summed E-state index contributed by atoms with van der Waals surface area (Å²) in [5.74, 6) is -0.422. The Morgan fingerprint density at radius 2 is 2.09 bits per heavy atom. The van der Waals surface area contributed by atoms with Gasteiger partial charge >= 0.3 is 0 Å². The molecular weight excluding hydrogens is 255 g/mol. The standard InChI is InChI=1S/C7H7IN2O/c8-6-3-4(9)1-2-5(6)7(10)11/h1-3H,9H2,(H2,10,11). The third-order valence-electron chi connectivity index (χ3n) is 1.26. The van der Waals surface area contributed by atoms with Crippen LogP contribution in [-0.2, 0) is 0 Å². The highest BCUT2D eigenvalue weighted by Gasteiger charge is 2.04. The third kappa shape index (κ3) is 1.83. The number of carbonyl (C=O) groups excluding carboxylic acids is 1. The van der Waals surface area contributed by atoms with Gasteiger partial charge in [0.1, 0.15) is 0 Å². The average molecular weight is 262 g/mol. The van der Waals surface area contributed by atoms with Gasteiger partial charge in [0, 0.05) is 9.26 Å². The maximum absolute atomic E-state index is 10.7. The first kappa shape index (κ1) is 8.32. The number of halogens is 1. The van der Waals surface area contributed by atoms with Crippen LogP contribution in [0.3, 0.4) is 0 Å². The number of nitrogens with two attached hydrogens (primary N) is 2. The minimum atomic E-state index is -0.422. The summed E-state index contributed by atoms with van der Waals surface area (Å²) in [4.78, 5) is 10.7. The second-order valence-electron chi connectivity index (χ2n) is 2.10. The van der Waals surface area contributed by atoms with Crippen molar-refractivity contribution < 1.29 is 4.79 Å². The molecule has 58 valence electrons. The summed E-state index contributed by atoms with van der Waals surface area (Å²) < 4.78 is 0.787. The van der Waals surface area contributed by atoms with Crippen LogP contribution in [0.2, 0.25) is 0 Å². The van der Waals surface area contributed by atoms with Gasteiger partial charge in [-0.3, -0.25) is 4.79 Å². The molecule has 4 N–H and O–H groups in total. The molecule has 0 atom stereocenters. The number of rotatable bonds is 1. The molecule has 0 saturated carbocycles. The summed E-state index contributed by atoms with van der Waals surface area (Å²) in [6.45, 7) is 0. The molecule has 0 saturated heterocycles. The van der Waals surface area contributed by atoms with Crippen molar-refractivity contribution in [2.75, 3.05) is 5.73 Å². The number of carbonyl (C=O) groups is 1. The van der Waals surface area contributed by atoms with Gasteiger partial charge in [0.2, 0.25) is 5.91 Å². The molecular formula is C7H7IN2O. The smallest absolute Gasteiger partial charge is 0.249 e. The van der Waals surface area contributed by atoms with Crippen molar-refractivity contribution in [3.63, 3.8) is 0 Å². The molecule has 3 nitrogen and oxygen atoms in total. The highest BCUT2D eigenvalue weighted by molar-refractivity contribution is 14.1. The lowest BCUT2D eigenvalue weighted by Crippen LogP contribution is -2.12. The van der Waals surface area contributed by atoms with E-state index in [0.717, 1.165) is 3.57 Å². The van der Waals surface area contributed by atoms with Gasteiger partial charge in [-0.15, -0.1) is 0 Å². The van der Waals surface area contributed by atoms with Crippen molar-refractivity contribution in [1.29, 1.82) is 0 Å². The Labute approximate surface area is 77.9 Å². The maximum Gasteiger partial charge on any atom is 0.249 e. The summed E-state index contributed by atoms with van der Waals surface area (Å²) in [6.07, 6.45) is 0. The van der Waals surface area contributed by atoms with E-state index in [1.165, 1.54) is 0 Å². The highest BCUT2D eigenvalue weighted by Crippen LogP contribution is 2.14. The molecule has 0 fully saturated rings. The van der Waals surface area contributed by atoms with Gasteiger partial charge in [0.15, 0.2) is 0 Å². The van der Waals surface area contributed by atoms with Crippen molar-refractivity contribution in [2.45, 2.75) is 0 Å². The fraction of sp³-hybridized carbons (Fsp3) is 0. The molecule has 0 aliphatic carbocycles. The van der Waals surface area contributed by atoms with Crippen LogP contribution in [0.25, 0.3) is 0 Å². The van der Waals surface area contributed by atoms with E-state index >= 15 is 0 Å². The summed E-state index contributed by atoms with van der Waals surface area (Å²) in [7, 11) is 0. The number of anilines is 1. The zero-order valence-corrected chi connectivity index (χ0v) is 7.83. The van der Waals surface area contributed by atoms with Gasteiger partial charge < -0.3 is 11.5 Å². The van der Waals surface area contributed by atoms with E-state index in [1.54, 1.807) is 18.2 Å². The molecule has 0 radical (unpaired) electrons. The molecule has 1 aromatic rings. The fourth-order valence-electron chi connectivity index (χ4n) is 0.731. The Morgan fingerprint density at radius 1 is 1.45 bits per heavy atom. The van der Waals surface area contributed by atoms with Gasteiger partial charge in [-0.1, -0.05) is 0 Å². The molecule has 0 spiro atoms. The van der Waals surface area contributed by atoms with Crippen LogP contribution in [0.1, 0.15) is 10.4 Å². The van der Waals surface area contributed by atoms with Crippen LogP contribution in [0.15, 0.2) is 18.2 Å². The maximum atomic E-state index is 10.7. The molecule has 0 unspecified atom stereocenters. The lowest BCUT2D eigenvalue weighted by molar-refractivity contribution is 0.0999. The number of amides is 1. The number of benzene rings is 1. The number of hydrogen-bond acceptors (Lipinski definition) is 2. The van der Waals surface area contributed by atoms with Crippen LogP contribution >= 0.6 is 22.6 Å². The Balaban J connectivity index is 3.20. The minimum absolute atomic E-state index is 0.422. The van der Waals surface area contributed by atoms with Gasteiger partial charge in [0.05, 0.1) is 5.56 Å². The normalized spacial score (nSPS) is 9.55. The molecule has 0 heterocycles. The van der Waals surface area contributed by atoms with Gasteiger partial charge in [-0.05, 0) is 40.8 Å². The van der Waals surface area contributed by atoms with Crippen LogP contribution in [0.4, 0.5) is 5.69 Å². The van der Waals surface area contributed by atoms with Crippen LogP contribution in [-0.4, -0.2) is 5.91 Å². The largest absolute Gasteiger partial charge is 0.399 e. The van der Waals surface area contributed by atoms with Crippen LogP contribution < -0.4 is 11.5 Å². The van der Waals surface area contributed by atoms with Gasteiger partial charge in [-0.25, -0.2) is 0 Å². The molecule has 0 aliphatic heterocycles. The van der Waals surface area contributed by atoms with Crippen molar-refractivity contribution in [2.24, 2.45) is 5.73 Å². The highest BCUT2D eigenvalue weighted by atomic mass is 127. The summed E-state index contributed by atoms with van der Waals surface area (Å²) in [5.41, 5.74) is 11.7. The van der Waals surface area contributed by atoms with E-state index < -0.39 is 5.91 Å². The fourth-order valence-corrected chi connectivity index (χ4v) is 1.54. The predicted octanol–water partition coefficient (Wildman–Crippen LogP) is 0.972. The predicted molar refractivity (Wildman–Crippen MR) is 52.1 cm³/mol. The molecule has 4 heteroatoms. The molecule has 1 aromatic carbocycles. The first-order chi connectivity index (χ1) is 5.11. The first-order valence-electron chi connectivity index (χ1n) is 2.96. The second-order valence-corrected chi connectivity index (χ2v) is 3.27. The van der Waals surface area contributed by atoms with Gasteiger partial charge in [-0.2, -0.15) is 0 Å². The van der Waals surface area contributed by atoms with Gasteiger partial charge in [0.25, 0.3) is 0 Å². The van der Waals surface area contributed by atoms with E-state index in [4.69, 9.17) is 11.5 Å². The lowest BCUT2D eigenvalue weighted by atomic mass is 10.2. The van der Waals surface area contributed by atoms with Crippen molar-refractivity contribution in [1.82, 2.24) is 0 Å².